The van der Waals surface area contributed by atoms with Gasteiger partial charge in [-0.15, -0.1) is 0 Å². The van der Waals surface area contributed by atoms with Crippen LogP contribution in [0.1, 0.15) is 32.1 Å². The third-order valence-electron chi connectivity index (χ3n) is 4.11. The van der Waals surface area contributed by atoms with Gasteiger partial charge < -0.3 is 14.0 Å². The van der Waals surface area contributed by atoms with E-state index in [1.165, 1.54) is 13.2 Å². The van der Waals surface area contributed by atoms with Gasteiger partial charge in [-0.2, -0.15) is 0 Å². The van der Waals surface area contributed by atoms with E-state index in [9.17, 15) is 9.59 Å². The molecule has 0 saturated carbocycles. The summed E-state index contributed by atoms with van der Waals surface area (Å²) in [6, 6.07) is 9.36. The number of nitrogens with zero attached hydrogens (tertiary/aromatic N) is 1. The summed E-state index contributed by atoms with van der Waals surface area (Å²) in [6.45, 7) is 2.10. The summed E-state index contributed by atoms with van der Waals surface area (Å²) in [5.41, 5.74) is 2.33. The third kappa shape index (κ3) is 2.44. The highest BCUT2D eigenvalue weighted by molar-refractivity contribution is 6.24. The van der Waals surface area contributed by atoms with Crippen molar-refractivity contribution in [3.05, 3.63) is 64.7 Å². The Balaban J connectivity index is 2.00. The number of fused-ring (bicyclic) bond motifs is 1. The van der Waals surface area contributed by atoms with E-state index in [0.29, 0.717) is 17.0 Å². The Morgan fingerprint density at radius 3 is 2.48 bits per heavy atom. The van der Waals surface area contributed by atoms with Crippen LogP contribution < -0.4 is 4.74 Å². The van der Waals surface area contributed by atoms with Gasteiger partial charge in [-0.3, -0.25) is 9.59 Å². The molecule has 5 heteroatoms. The number of hydrogen-bond acceptors (Lipinski definition) is 4. The molecule has 2 aromatic rings. The summed E-state index contributed by atoms with van der Waals surface area (Å²) in [6.07, 6.45) is 1.25. The van der Waals surface area contributed by atoms with Crippen molar-refractivity contribution in [2.45, 2.75) is 13.5 Å². The van der Waals surface area contributed by atoms with Crippen molar-refractivity contribution in [3.63, 3.8) is 0 Å². The van der Waals surface area contributed by atoms with Gasteiger partial charge in [-0.1, -0.05) is 18.2 Å². The summed E-state index contributed by atoms with van der Waals surface area (Å²) in [4.78, 5) is 24.9. The lowest BCUT2D eigenvalue weighted by atomic mass is 9.96. The van der Waals surface area contributed by atoms with Crippen LogP contribution in [0.2, 0.25) is 0 Å². The summed E-state index contributed by atoms with van der Waals surface area (Å²) in [7, 11) is 3.15. The Morgan fingerprint density at radius 2 is 1.83 bits per heavy atom. The smallest absolute Gasteiger partial charge is 0.244 e. The number of ether oxygens (including phenoxy) is 2. The summed E-state index contributed by atoms with van der Waals surface area (Å²) in [5, 5.41) is 0. The Morgan fingerprint density at radius 1 is 1.13 bits per heavy atom. The van der Waals surface area contributed by atoms with E-state index in [-0.39, 0.29) is 23.9 Å². The Hall–Kier alpha value is -2.82. The predicted molar refractivity (Wildman–Crippen MR) is 84.7 cm³/mol. The number of Topliss-reactive ketones (excluding diaryl/α,β-unsaturated/α-hetero) is 1. The molecule has 0 aliphatic heterocycles. The number of rotatable bonds is 4. The maximum absolute atomic E-state index is 12.4. The first-order valence-corrected chi connectivity index (χ1v) is 7.25. The molecule has 0 amide bonds. The highest BCUT2D eigenvalue weighted by Gasteiger charge is 2.34. The number of carbonyl (C=O) groups is 2. The van der Waals surface area contributed by atoms with Crippen LogP contribution in [-0.2, 0) is 18.4 Å². The van der Waals surface area contributed by atoms with Gasteiger partial charge in [0.15, 0.2) is 11.5 Å². The van der Waals surface area contributed by atoms with E-state index in [0.717, 1.165) is 11.3 Å². The van der Waals surface area contributed by atoms with Gasteiger partial charge in [0.05, 0.1) is 12.7 Å². The van der Waals surface area contributed by atoms with Crippen molar-refractivity contribution in [1.82, 2.24) is 4.57 Å². The molecule has 0 N–H and O–H groups in total. The highest BCUT2D eigenvalue weighted by Crippen LogP contribution is 2.30. The van der Waals surface area contributed by atoms with Crippen molar-refractivity contribution in [2.75, 3.05) is 7.11 Å². The molecule has 0 fully saturated rings. The van der Waals surface area contributed by atoms with Gasteiger partial charge in [-0.05, 0) is 19.1 Å². The topological polar surface area (TPSA) is 57.5 Å². The molecule has 0 radical (unpaired) electrons. The summed E-state index contributed by atoms with van der Waals surface area (Å²) in [5.74, 6) is 0.274. The number of methoxy groups -OCH3 is 1. The lowest BCUT2D eigenvalue weighted by molar-refractivity contribution is 0.0909. The van der Waals surface area contributed by atoms with Crippen molar-refractivity contribution in [2.24, 2.45) is 7.05 Å². The van der Waals surface area contributed by atoms with Crippen LogP contribution in [0.4, 0.5) is 0 Å². The fourth-order valence-corrected chi connectivity index (χ4v) is 2.77. The van der Waals surface area contributed by atoms with Crippen LogP contribution in [0.25, 0.3) is 0 Å². The van der Waals surface area contributed by atoms with Crippen molar-refractivity contribution in [1.29, 1.82) is 0 Å². The zero-order chi connectivity index (χ0) is 16.6. The molecular weight excluding hydrogens is 294 g/mol. The standard InChI is InChI=1S/C18H17NO4/c1-11-13(10-23-12-7-5-4-6-8-12)16-14(20)9-15(22-3)18(21)17(16)19(11)2/h4-9H,10H2,1-3H3. The quantitative estimate of drug-likeness (QED) is 0.871. The van der Waals surface area contributed by atoms with E-state index >= 15 is 0 Å². The summed E-state index contributed by atoms with van der Waals surface area (Å²) >= 11 is 0. The second kappa shape index (κ2) is 5.76. The number of hydrogen-bond donors (Lipinski definition) is 0. The van der Waals surface area contributed by atoms with Gasteiger partial charge in [0.2, 0.25) is 5.78 Å². The van der Waals surface area contributed by atoms with Gasteiger partial charge >= 0.3 is 0 Å². The van der Waals surface area contributed by atoms with Crippen molar-refractivity contribution in [3.8, 4) is 5.75 Å². The van der Waals surface area contributed by atoms with E-state index < -0.39 is 0 Å². The van der Waals surface area contributed by atoms with Crippen molar-refractivity contribution < 1.29 is 19.1 Å². The monoisotopic (exact) mass is 311 g/mol. The number of carbonyl (C=O) groups excluding carboxylic acids is 2. The maximum Gasteiger partial charge on any atom is 0.244 e. The molecule has 5 nitrogen and oxygen atoms in total. The minimum Gasteiger partial charge on any atom is -0.492 e. The molecule has 1 aromatic heterocycles. The number of aromatic nitrogens is 1. The zero-order valence-corrected chi connectivity index (χ0v) is 13.3. The minimum atomic E-state index is -0.279. The molecule has 1 aromatic carbocycles. The molecule has 0 bridgehead atoms. The average molecular weight is 311 g/mol. The maximum atomic E-state index is 12.4. The normalized spacial score (nSPS) is 13.6. The molecule has 23 heavy (non-hydrogen) atoms. The Kier molecular flexibility index (Phi) is 3.78. The van der Waals surface area contributed by atoms with Gasteiger partial charge in [0.25, 0.3) is 0 Å². The van der Waals surface area contributed by atoms with Crippen LogP contribution in [0, 0.1) is 6.92 Å². The van der Waals surface area contributed by atoms with Crippen LogP contribution in [0.15, 0.2) is 42.2 Å². The van der Waals surface area contributed by atoms with E-state index in [1.54, 1.807) is 11.6 Å². The largest absolute Gasteiger partial charge is 0.492 e. The van der Waals surface area contributed by atoms with Gasteiger partial charge in [0.1, 0.15) is 18.1 Å². The zero-order valence-electron chi connectivity index (χ0n) is 13.3. The molecule has 0 saturated heterocycles. The van der Waals surface area contributed by atoms with Crippen LogP contribution in [0.5, 0.6) is 5.75 Å². The molecule has 0 atom stereocenters. The van der Waals surface area contributed by atoms with E-state index in [2.05, 4.69) is 0 Å². The average Bonchev–Trinajstić information content (AvgIpc) is 2.82. The second-order valence-electron chi connectivity index (χ2n) is 5.35. The fraction of sp³-hybridized carbons (Fsp3) is 0.222. The molecule has 1 aliphatic carbocycles. The predicted octanol–water partition coefficient (Wildman–Crippen LogP) is 2.82. The van der Waals surface area contributed by atoms with Crippen LogP contribution >= 0.6 is 0 Å². The second-order valence-corrected chi connectivity index (χ2v) is 5.35. The Bertz CT molecular complexity index is 815. The van der Waals surface area contributed by atoms with Crippen LogP contribution in [0.3, 0.4) is 0 Å². The molecule has 0 unspecified atom stereocenters. The number of benzene rings is 1. The van der Waals surface area contributed by atoms with Crippen LogP contribution in [-0.4, -0.2) is 23.2 Å². The molecule has 1 aliphatic rings. The molecule has 0 spiro atoms. The number of para-hydroxylation sites is 1. The first kappa shape index (κ1) is 15.1. The molecule has 3 rings (SSSR count). The molecule has 1 heterocycles. The molecule has 118 valence electrons. The first-order chi connectivity index (χ1) is 11.0. The lowest BCUT2D eigenvalue weighted by Gasteiger charge is -2.13. The van der Waals surface area contributed by atoms with E-state index in [4.69, 9.17) is 9.47 Å². The molecular formula is C18H17NO4. The first-order valence-electron chi connectivity index (χ1n) is 7.25. The van der Waals surface area contributed by atoms with Gasteiger partial charge in [-0.25, -0.2) is 0 Å². The minimum absolute atomic E-state index is 0.0682. The summed E-state index contributed by atoms with van der Waals surface area (Å²) < 4.78 is 12.5. The highest BCUT2D eigenvalue weighted by atomic mass is 16.5. The third-order valence-corrected chi connectivity index (χ3v) is 4.11. The van der Waals surface area contributed by atoms with Gasteiger partial charge in [0, 0.05) is 24.4 Å². The Labute approximate surface area is 134 Å². The fourth-order valence-electron chi connectivity index (χ4n) is 2.77. The lowest BCUT2D eigenvalue weighted by Crippen LogP contribution is -2.20. The number of allylic oxidation sites excluding steroid dienone is 2. The van der Waals surface area contributed by atoms with Crippen molar-refractivity contribution >= 4 is 11.6 Å². The SMILES string of the molecule is COC1=CC(=O)c2c(COc3ccccc3)c(C)n(C)c2C1=O. The van der Waals surface area contributed by atoms with E-state index in [1.807, 2.05) is 37.3 Å². The number of ketones is 2.